The second kappa shape index (κ2) is 6.71. The van der Waals surface area contributed by atoms with E-state index in [4.69, 9.17) is 4.98 Å². The fourth-order valence-corrected chi connectivity index (χ4v) is 4.57. The van der Waals surface area contributed by atoms with Gasteiger partial charge in [-0.15, -0.1) is 0 Å². The van der Waals surface area contributed by atoms with Gasteiger partial charge in [0, 0.05) is 37.4 Å². The van der Waals surface area contributed by atoms with Gasteiger partial charge < -0.3 is 9.30 Å². The SMILES string of the molecule is C[C@@H]1C(=O)N2CCC[C@@H]2CN1Cc1c(-c2ccc(F)cc2)nc2ccccn12. The van der Waals surface area contributed by atoms with E-state index in [2.05, 4.69) is 14.2 Å². The maximum atomic E-state index is 13.4. The first-order chi connectivity index (χ1) is 13.6. The van der Waals surface area contributed by atoms with Crippen LogP contribution >= 0.6 is 0 Å². The molecule has 0 unspecified atom stereocenters. The van der Waals surface area contributed by atoms with Crippen LogP contribution in [0.4, 0.5) is 4.39 Å². The van der Waals surface area contributed by atoms with E-state index in [9.17, 15) is 9.18 Å². The lowest BCUT2D eigenvalue weighted by Gasteiger charge is -2.41. The number of carbonyl (C=O) groups is 1. The van der Waals surface area contributed by atoms with Gasteiger partial charge in [0.2, 0.25) is 5.91 Å². The van der Waals surface area contributed by atoms with Crippen LogP contribution in [0.25, 0.3) is 16.9 Å². The molecule has 5 nitrogen and oxygen atoms in total. The van der Waals surface area contributed by atoms with Gasteiger partial charge in [0.05, 0.1) is 17.4 Å². The molecule has 5 rings (SSSR count). The summed E-state index contributed by atoms with van der Waals surface area (Å²) in [5.74, 6) is -0.0310. The molecule has 1 amide bonds. The molecule has 0 radical (unpaired) electrons. The fourth-order valence-electron chi connectivity index (χ4n) is 4.57. The maximum Gasteiger partial charge on any atom is 0.239 e. The number of hydrogen-bond acceptors (Lipinski definition) is 3. The molecule has 0 spiro atoms. The van der Waals surface area contributed by atoms with E-state index < -0.39 is 0 Å². The van der Waals surface area contributed by atoms with Gasteiger partial charge in [0.25, 0.3) is 0 Å². The number of imidazole rings is 1. The van der Waals surface area contributed by atoms with Crippen LogP contribution in [-0.4, -0.2) is 50.3 Å². The van der Waals surface area contributed by atoms with Crippen LogP contribution in [0.5, 0.6) is 0 Å². The molecular weight excluding hydrogens is 355 g/mol. The highest BCUT2D eigenvalue weighted by molar-refractivity contribution is 5.83. The Labute approximate surface area is 163 Å². The van der Waals surface area contributed by atoms with Crippen LogP contribution in [0.2, 0.25) is 0 Å². The molecule has 0 N–H and O–H groups in total. The normalized spacial score (nSPS) is 22.8. The summed E-state index contributed by atoms with van der Waals surface area (Å²) < 4.78 is 15.5. The summed E-state index contributed by atoms with van der Waals surface area (Å²) in [5, 5.41) is 0. The van der Waals surface area contributed by atoms with Gasteiger partial charge in [-0.2, -0.15) is 0 Å². The van der Waals surface area contributed by atoms with Crippen LogP contribution in [0.3, 0.4) is 0 Å². The summed E-state index contributed by atoms with van der Waals surface area (Å²) >= 11 is 0. The Balaban J connectivity index is 1.55. The number of pyridine rings is 1. The highest BCUT2D eigenvalue weighted by Crippen LogP contribution is 2.30. The lowest BCUT2D eigenvalue weighted by atomic mass is 10.1. The number of benzene rings is 1. The molecule has 0 bridgehead atoms. The zero-order chi connectivity index (χ0) is 19.3. The molecule has 6 heteroatoms. The number of hydrogen-bond donors (Lipinski definition) is 0. The van der Waals surface area contributed by atoms with E-state index in [1.807, 2.05) is 31.3 Å². The van der Waals surface area contributed by atoms with E-state index in [-0.39, 0.29) is 17.8 Å². The Morgan fingerprint density at radius 1 is 1.18 bits per heavy atom. The van der Waals surface area contributed by atoms with Gasteiger partial charge in [-0.3, -0.25) is 9.69 Å². The van der Waals surface area contributed by atoms with Crippen LogP contribution < -0.4 is 0 Å². The van der Waals surface area contributed by atoms with Crippen LogP contribution in [0, 0.1) is 5.82 Å². The molecule has 0 aliphatic carbocycles. The molecule has 4 heterocycles. The standard InChI is InChI=1S/C22H23FN4O/c1-15-22(28)26-12-4-5-18(26)13-25(15)14-19-21(16-7-9-17(23)10-8-16)24-20-6-2-3-11-27(19)20/h2-3,6-11,15,18H,4-5,12-14H2,1H3/t15-,18-/m1/s1. The van der Waals surface area contributed by atoms with E-state index in [1.165, 1.54) is 12.1 Å². The first-order valence-electron chi connectivity index (χ1n) is 9.88. The molecular formula is C22H23FN4O. The minimum Gasteiger partial charge on any atom is -0.337 e. The number of aromatic nitrogens is 2. The molecule has 28 heavy (non-hydrogen) atoms. The zero-order valence-electron chi connectivity index (χ0n) is 15.9. The quantitative estimate of drug-likeness (QED) is 0.702. The Morgan fingerprint density at radius 2 is 2.00 bits per heavy atom. The van der Waals surface area contributed by atoms with Gasteiger partial charge >= 0.3 is 0 Å². The van der Waals surface area contributed by atoms with Crippen molar-refractivity contribution in [3.8, 4) is 11.3 Å². The van der Waals surface area contributed by atoms with Crippen molar-refractivity contribution in [2.45, 2.75) is 38.4 Å². The van der Waals surface area contributed by atoms with Crippen molar-refractivity contribution < 1.29 is 9.18 Å². The van der Waals surface area contributed by atoms with Crippen molar-refractivity contribution in [1.29, 1.82) is 0 Å². The van der Waals surface area contributed by atoms with E-state index in [1.54, 1.807) is 12.1 Å². The Morgan fingerprint density at radius 3 is 2.82 bits per heavy atom. The van der Waals surface area contributed by atoms with Gasteiger partial charge in [-0.25, -0.2) is 9.37 Å². The molecule has 1 aromatic carbocycles. The van der Waals surface area contributed by atoms with Crippen molar-refractivity contribution >= 4 is 11.6 Å². The summed E-state index contributed by atoms with van der Waals surface area (Å²) in [6.07, 6.45) is 4.17. The van der Waals surface area contributed by atoms with Gasteiger partial charge in [0.15, 0.2) is 0 Å². The number of nitrogens with zero attached hydrogens (tertiary/aromatic N) is 4. The number of amides is 1. The molecule has 144 valence electrons. The second-order valence-electron chi connectivity index (χ2n) is 7.78. The Hall–Kier alpha value is -2.73. The summed E-state index contributed by atoms with van der Waals surface area (Å²) in [7, 11) is 0. The van der Waals surface area contributed by atoms with Gasteiger partial charge in [-0.05, 0) is 56.2 Å². The van der Waals surface area contributed by atoms with E-state index in [0.717, 1.165) is 48.5 Å². The monoisotopic (exact) mass is 378 g/mol. The summed E-state index contributed by atoms with van der Waals surface area (Å²) in [4.78, 5) is 21.9. The smallest absolute Gasteiger partial charge is 0.239 e. The molecule has 2 atom stereocenters. The minimum absolute atomic E-state index is 0.148. The Bertz CT molecular complexity index is 1030. The molecule has 2 saturated heterocycles. The Kier molecular flexibility index (Phi) is 4.16. The van der Waals surface area contributed by atoms with Crippen molar-refractivity contribution in [2.75, 3.05) is 13.1 Å². The van der Waals surface area contributed by atoms with Crippen LogP contribution in [0.15, 0.2) is 48.7 Å². The molecule has 2 aliphatic rings. The predicted octanol–water partition coefficient (Wildman–Crippen LogP) is 3.34. The van der Waals surface area contributed by atoms with Gasteiger partial charge in [0.1, 0.15) is 11.5 Å². The predicted molar refractivity (Wildman–Crippen MR) is 105 cm³/mol. The highest BCUT2D eigenvalue weighted by atomic mass is 19.1. The summed E-state index contributed by atoms with van der Waals surface area (Å²) in [6.45, 7) is 4.40. The number of fused-ring (bicyclic) bond motifs is 2. The van der Waals surface area contributed by atoms with E-state index in [0.29, 0.717) is 12.6 Å². The van der Waals surface area contributed by atoms with Crippen molar-refractivity contribution in [2.24, 2.45) is 0 Å². The maximum absolute atomic E-state index is 13.4. The van der Waals surface area contributed by atoms with Crippen molar-refractivity contribution in [3.05, 3.63) is 60.2 Å². The van der Waals surface area contributed by atoms with Crippen molar-refractivity contribution in [3.63, 3.8) is 0 Å². The molecule has 0 saturated carbocycles. The number of halogens is 1. The molecule has 2 aromatic heterocycles. The topological polar surface area (TPSA) is 40.9 Å². The summed E-state index contributed by atoms with van der Waals surface area (Å²) in [5.41, 5.74) is 3.63. The first-order valence-corrected chi connectivity index (χ1v) is 9.88. The average Bonchev–Trinajstić information content (AvgIpc) is 3.32. The largest absolute Gasteiger partial charge is 0.337 e. The molecule has 2 aliphatic heterocycles. The van der Waals surface area contributed by atoms with Crippen molar-refractivity contribution in [1.82, 2.24) is 19.2 Å². The minimum atomic E-state index is -0.259. The van der Waals surface area contributed by atoms with Crippen LogP contribution in [-0.2, 0) is 11.3 Å². The fraction of sp³-hybridized carbons (Fsp3) is 0.364. The third-order valence-electron chi connectivity index (χ3n) is 6.11. The third-order valence-corrected chi connectivity index (χ3v) is 6.11. The zero-order valence-corrected chi connectivity index (χ0v) is 15.9. The van der Waals surface area contributed by atoms with E-state index >= 15 is 0 Å². The number of piperazine rings is 1. The van der Waals surface area contributed by atoms with Crippen LogP contribution in [0.1, 0.15) is 25.5 Å². The lowest BCUT2D eigenvalue weighted by Crippen LogP contribution is -2.58. The number of rotatable bonds is 3. The lowest BCUT2D eigenvalue weighted by molar-refractivity contribution is -0.143. The molecule has 3 aromatic rings. The first kappa shape index (κ1) is 17.4. The highest BCUT2D eigenvalue weighted by Gasteiger charge is 2.40. The van der Waals surface area contributed by atoms with Gasteiger partial charge in [-0.1, -0.05) is 6.07 Å². The summed E-state index contributed by atoms with van der Waals surface area (Å²) in [6, 6.07) is 12.6. The molecule has 2 fully saturated rings. The second-order valence-corrected chi connectivity index (χ2v) is 7.78. The average molecular weight is 378 g/mol. The third kappa shape index (κ3) is 2.79. The number of carbonyl (C=O) groups excluding carboxylic acids is 1.